The number of rotatable bonds is 3. The van der Waals surface area contributed by atoms with Crippen molar-refractivity contribution in [3.63, 3.8) is 0 Å². The molecule has 1 aromatic carbocycles. The fraction of sp³-hybridized carbons (Fsp3) is 0.529. The van der Waals surface area contributed by atoms with E-state index in [9.17, 15) is 18.0 Å². The number of nitrogens with zero attached hydrogens (tertiary/aromatic N) is 3. The lowest BCUT2D eigenvalue weighted by atomic mass is 10.0. The van der Waals surface area contributed by atoms with Gasteiger partial charge in [0.05, 0.1) is 24.1 Å². The number of nitrogens with two attached hydrogens (primary N) is 1. The van der Waals surface area contributed by atoms with Gasteiger partial charge in [-0.3, -0.25) is 9.36 Å². The van der Waals surface area contributed by atoms with Crippen molar-refractivity contribution in [2.24, 2.45) is 5.73 Å². The van der Waals surface area contributed by atoms with Crippen LogP contribution < -0.4 is 16.2 Å². The van der Waals surface area contributed by atoms with Crippen LogP contribution in [-0.4, -0.2) is 42.0 Å². The Balaban J connectivity index is 2.30. The Bertz CT molecular complexity index is 871. The van der Waals surface area contributed by atoms with E-state index in [-0.39, 0.29) is 11.3 Å². The first-order valence-corrected chi connectivity index (χ1v) is 8.37. The maximum atomic E-state index is 13.1. The molecule has 1 aromatic heterocycles. The molecule has 0 amide bonds. The molecule has 1 saturated heterocycles. The zero-order chi connectivity index (χ0) is 19.1. The van der Waals surface area contributed by atoms with E-state index in [1.165, 1.54) is 0 Å². The quantitative estimate of drug-likeness (QED) is 0.896. The molecule has 3 rings (SSSR count). The molecule has 0 radical (unpaired) electrons. The van der Waals surface area contributed by atoms with Gasteiger partial charge in [-0.1, -0.05) is 6.07 Å². The number of anilines is 1. The van der Waals surface area contributed by atoms with Gasteiger partial charge in [-0.15, -0.1) is 0 Å². The molecule has 0 aliphatic carbocycles. The van der Waals surface area contributed by atoms with Crippen LogP contribution in [0.5, 0.6) is 0 Å². The zero-order valence-corrected chi connectivity index (χ0v) is 14.6. The van der Waals surface area contributed by atoms with Gasteiger partial charge < -0.3 is 15.4 Å². The summed E-state index contributed by atoms with van der Waals surface area (Å²) < 4.78 is 45.3. The van der Waals surface area contributed by atoms with Crippen LogP contribution in [0.1, 0.15) is 24.1 Å². The summed E-state index contributed by atoms with van der Waals surface area (Å²) in [6, 6.07) is 2.98. The standard InChI is InChI=1S/C17H21F3N4O2/c1-10-7-12(11(2)21)14-13(8-10)15(25)24(9-17(18,19)20)16(22-14)23-3-5-26-6-4-23/h7-8,11H,3-6,9,21H2,1-2H3. The fourth-order valence-corrected chi connectivity index (χ4v) is 3.16. The van der Waals surface area contributed by atoms with Crippen LogP contribution in [-0.2, 0) is 11.3 Å². The van der Waals surface area contributed by atoms with E-state index in [2.05, 4.69) is 4.98 Å². The number of benzene rings is 1. The van der Waals surface area contributed by atoms with Gasteiger partial charge in [0, 0.05) is 19.1 Å². The largest absolute Gasteiger partial charge is 0.406 e. The van der Waals surface area contributed by atoms with Gasteiger partial charge in [0.15, 0.2) is 0 Å². The third kappa shape index (κ3) is 3.68. The van der Waals surface area contributed by atoms with Crippen molar-refractivity contribution in [1.82, 2.24) is 9.55 Å². The highest BCUT2D eigenvalue weighted by Gasteiger charge is 2.32. The van der Waals surface area contributed by atoms with Gasteiger partial charge in [-0.25, -0.2) is 4.98 Å². The number of hydrogen-bond donors (Lipinski definition) is 1. The Kier molecular flexibility index (Phi) is 4.94. The van der Waals surface area contributed by atoms with Crippen molar-refractivity contribution in [2.75, 3.05) is 31.2 Å². The minimum absolute atomic E-state index is 0.00822. The average molecular weight is 370 g/mol. The van der Waals surface area contributed by atoms with Crippen molar-refractivity contribution < 1.29 is 17.9 Å². The Hall–Kier alpha value is -2.13. The summed E-state index contributed by atoms with van der Waals surface area (Å²) in [4.78, 5) is 19.0. The second-order valence-corrected chi connectivity index (χ2v) is 6.56. The molecule has 2 N–H and O–H groups in total. The smallest absolute Gasteiger partial charge is 0.378 e. The minimum Gasteiger partial charge on any atom is -0.378 e. The van der Waals surface area contributed by atoms with Crippen LogP contribution in [0, 0.1) is 6.92 Å². The highest BCUT2D eigenvalue weighted by atomic mass is 19.4. The summed E-state index contributed by atoms with van der Waals surface area (Å²) in [6.07, 6.45) is -4.53. The predicted molar refractivity (Wildman–Crippen MR) is 92.4 cm³/mol. The van der Waals surface area contributed by atoms with Crippen LogP contribution in [0.25, 0.3) is 10.9 Å². The maximum Gasteiger partial charge on any atom is 0.406 e. The van der Waals surface area contributed by atoms with Crippen LogP contribution in [0.4, 0.5) is 19.1 Å². The fourth-order valence-electron chi connectivity index (χ4n) is 3.16. The summed E-state index contributed by atoms with van der Waals surface area (Å²) >= 11 is 0. The average Bonchev–Trinajstić information content (AvgIpc) is 2.56. The zero-order valence-electron chi connectivity index (χ0n) is 14.6. The van der Waals surface area contributed by atoms with Crippen LogP contribution >= 0.6 is 0 Å². The molecular formula is C17H21F3N4O2. The summed E-state index contributed by atoms with van der Waals surface area (Å²) in [5.41, 5.74) is 7.05. The number of fused-ring (bicyclic) bond motifs is 1. The molecule has 1 aliphatic rings. The first-order chi connectivity index (χ1) is 12.2. The number of ether oxygens (including phenoxy) is 1. The number of halogens is 3. The van der Waals surface area contributed by atoms with Crippen molar-refractivity contribution >= 4 is 16.9 Å². The Labute approximate surface area is 148 Å². The number of aromatic nitrogens is 2. The molecule has 9 heteroatoms. The van der Waals surface area contributed by atoms with E-state index in [1.54, 1.807) is 24.8 Å². The van der Waals surface area contributed by atoms with E-state index in [1.807, 2.05) is 6.07 Å². The van der Waals surface area contributed by atoms with Gasteiger partial charge in [0.25, 0.3) is 5.56 Å². The molecule has 2 heterocycles. The monoisotopic (exact) mass is 370 g/mol. The molecule has 2 aromatic rings. The lowest BCUT2D eigenvalue weighted by Crippen LogP contribution is -2.42. The summed E-state index contributed by atoms with van der Waals surface area (Å²) in [6.45, 7) is 3.62. The van der Waals surface area contributed by atoms with E-state index in [4.69, 9.17) is 10.5 Å². The van der Waals surface area contributed by atoms with Crippen molar-refractivity contribution in [2.45, 2.75) is 32.6 Å². The molecule has 0 saturated carbocycles. The molecule has 1 aliphatic heterocycles. The first-order valence-electron chi connectivity index (χ1n) is 8.37. The number of morpholine rings is 1. The van der Waals surface area contributed by atoms with E-state index >= 15 is 0 Å². The Morgan fingerprint density at radius 1 is 1.31 bits per heavy atom. The molecule has 1 atom stereocenters. The van der Waals surface area contributed by atoms with Gasteiger partial charge in [-0.2, -0.15) is 13.2 Å². The summed E-state index contributed by atoms with van der Waals surface area (Å²) in [5, 5.41) is 0.151. The SMILES string of the molecule is Cc1cc(C(C)N)c2nc(N3CCOCC3)n(CC(F)(F)F)c(=O)c2c1. The van der Waals surface area contributed by atoms with Crippen molar-refractivity contribution in [3.05, 3.63) is 33.6 Å². The normalized spacial score (nSPS) is 16.9. The number of hydrogen-bond acceptors (Lipinski definition) is 5. The summed E-state index contributed by atoms with van der Waals surface area (Å²) in [7, 11) is 0. The molecule has 26 heavy (non-hydrogen) atoms. The Morgan fingerprint density at radius 3 is 2.54 bits per heavy atom. The lowest BCUT2D eigenvalue weighted by molar-refractivity contribution is -0.141. The second-order valence-electron chi connectivity index (χ2n) is 6.56. The van der Waals surface area contributed by atoms with Crippen molar-refractivity contribution in [1.29, 1.82) is 0 Å². The van der Waals surface area contributed by atoms with Gasteiger partial charge >= 0.3 is 6.18 Å². The highest BCUT2D eigenvalue weighted by Crippen LogP contribution is 2.26. The van der Waals surface area contributed by atoms with Gasteiger partial charge in [0.2, 0.25) is 5.95 Å². The number of alkyl halides is 3. The molecular weight excluding hydrogens is 349 g/mol. The predicted octanol–water partition coefficient (Wildman–Crippen LogP) is 2.12. The maximum absolute atomic E-state index is 13.1. The molecule has 6 nitrogen and oxygen atoms in total. The van der Waals surface area contributed by atoms with E-state index in [0.29, 0.717) is 42.0 Å². The molecule has 0 spiro atoms. The molecule has 1 unspecified atom stereocenters. The number of aryl methyl sites for hydroxylation is 1. The molecule has 0 bridgehead atoms. The van der Waals surface area contributed by atoms with Crippen LogP contribution in [0.15, 0.2) is 16.9 Å². The summed E-state index contributed by atoms with van der Waals surface area (Å²) in [5.74, 6) is 0.00822. The lowest BCUT2D eigenvalue weighted by Gasteiger charge is -2.30. The Morgan fingerprint density at radius 2 is 1.96 bits per heavy atom. The third-order valence-electron chi connectivity index (χ3n) is 4.33. The van der Waals surface area contributed by atoms with E-state index in [0.717, 1.165) is 5.56 Å². The second kappa shape index (κ2) is 6.88. The van der Waals surface area contributed by atoms with Gasteiger partial charge in [0.1, 0.15) is 6.54 Å². The highest BCUT2D eigenvalue weighted by molar-refractivity contribution is 5.83. The molecule has 142 valence electrons. The van der Waals surface area contributed by atoms with Crippen LogP contribution in [0.3, 0.4) is 0 Å². The van der Waals surface area contributed by atoms with Crippen LogP contribution in [0.2, 0.25) is 0 Å². The topological polar surface area (TPSA) is 73.4 Å². The minimum atomic E-state index is -4.53. The van der Waals surface area contributed by atoms with E-state index < -0.39 is 24.3 Å². The van der Waals surface area contributed by atoms with Gasteiger partial charge in [-0.05, 0) is 31.0 Å². The van der Waals surface area contributed by atoms with Crippen molar-refractivity contribution in [3.8, 4) is 0 Å². The molecule has 1 fully saturated rings. The first kappa shape index (κ1) is 18.7. The third-order valence-corrected chi connectivity index (χ3v) is 4.33.